The van der Waals surface area contributed by atoms with E-state index >= 15 is 0 Å². The molecule has 0 spiro atoms. The summed E-state index contributed by atoms with van der Waals surface area (Å²) in [5.41, 5.74) is 7.72. The molecule has 2 nitrogen and oxygen atoms in total. The molecule has 2 N–H and O–H groups in total. The molecule has 0 bridgehead atoms. The largest absolute Gasteiger partial charge is 0.491 e. The molecule has 14 heavy (non-hydrogen) atoms. The maximum Gasteiger partial charge on any atom is 0.142 e. The first-order valence-corrected chi connectivity index (χ1v) is 5.23. The Bertz CT molecular complexity index is 284. The van der Waals surface area contributed by atoms with Crippen LogP contribution < -0.4 is 10.5 Å². The maximum atomic E-state index is 5.81. The average molecular weight is 193 g/mol. The summed E-state index contributed by atoms with van der Waals surface area (Å²) in [4.78, 5) is 0. The molecule has 1 aromatic carbocycles. The Hall–Kier alpha value is -1.18. The van der Waals surface area contributed by atoms with Gasteiger partial charge in [0.15, 0.2) is 0 Å². The first kappa shape index (κ1) is 10.9. The molecule has 0 atom stereocenters. The normalized spacial score (nSPS) is 10.1. The summed E-state index contributed by atoms with van der Waals surface area (Å²) in [6.45, 7) is 4.97. The minimum absolute atomic E-state index is 0.737. The predicted molar refractivity (Wildman–Crippen MR) is 60.6 cm³/mol. The molecular formula is C12H19NO. The lowest BCUT2D eigenvalue weighted by molar-refractivity contribution is 0.308. The number of hydrogen-bond donors (Lipinski definition) is 1. The Morgan fingerprint density at radius 1 is 1.29 bits per heavy atom. The summed E-state index contributed by atoms with van der Waals surface area (Å²) in [5.74, 6) is 0.812. The fourth-order valence-electron chi connectivity index (χ4n) is 1.33. The van der Waals surface area contributed by atoms with Crippen molar-refractivity contribution >= 4 is 5.69 Å². The Morgan fingerprint density at radius 3 is 2.71 bits per heavy atom. The Morgan fingerprint density at radius 2 is 2.07 bits per heavy atom. The van der Waals surface area contributed by atoms with E-state index in [9.17, 15) is 0 Å². The molecule has 0 aromatic heterocycles. The third kappa shape index (κ3) is 3.29. The van der Waals surface area contributed by atoms with Gasteiger partial charge in [-0.1, -0.05) is 25.8 Å². The Balaban J connectivity index is 2.42. The summed E-state index contributed by atoms with van der Waals surface area (Å²) in [6, 6.07) is 5.90. The topological polar surface area (TPSA) is 35.2 Å². The minimum atomic E-state index is 0.737. The quantitative estimate of drug-likeness (QED) is 0.576. The molecule has 0 saturated heterocycles. The van der Waals surface area contributed by atoms with Crippen LogP contribution >= 0.6 is 0 Å². The van der Waals surface area contributed by atoms with Gasteiger partial charge < -0.3 is 10.5 Å². The average Bonchev–Trinajstić information content (AvgIpc) is 2.15. The molecule has 0 aliphatic rings. The monoisotopic (exact) mass is 193 g/mol. The number of hydrogen-bond acceptors (Lipinski definition) is 2. The number of unbranched alkanes of at least 4 members (excludes halogenated alkanes) is 2. The first-order chi connectivity index (χ1) is 6.74. The van der Waals surface area contributed by atoms with Crippen molar-refractivity contribution in [2.24, 2.45) is 0 Å². The van der Waals surface area contributed by atoms with Gasteiger partial charge in [0.25, 0.3) is 0 Å². The fourth-order valence-corrected chi connectivity index (χ4v) is 1.33. The van der Waals surface area contributed by atoms with Crippen LogP contribution in [0.2, 0.25) is 0 Å². The molecule has 78 valence electrons. The van der Waals surface area contributed by atoms with E-state index < -0.39 is 0 Å². The highest BCUT2D eigenvalue weighted by molar-refractivity contribution is 5.53. The molecular weight excluding hydrogens is 174 g/mol. The van der Waals surface area contributed by atoms with Gasteiger partial charge in [-0.05, 0) is 31.0 Å². The van der Waals surface area contributed by atoms with Crippen LogP contribution in [-0.4, -0.2) is 6.61 Å². The van der Waals surface area contributed by atoms with Gasteiger partial charge in [-0.3, -0.25) is 0 Å². The second-order valence-electron chi connectivity index (χ2n) is 3.60. The van der Waals surface area contributed by atoms with Crippen molar-refractivity contribution in [3.05, 3.63) is 23.8 Å². The molecule has 1 rings (SSSR count). The number of nitrogens with two attached hydrogens (primary N) is 1. The van der Waals surface area contributed by atoms with Crippen molar-refractivity contribution in [2.75, 3.05) is 12.3 Å². The third-order valence-corrected chi connectivity index (χ3v) is 2.17. The van der Waals surface area contributed by atoms with Crippen LogP contribution in [-0.2, 0) is 0 Å². The van der Waals surface area contributed by atoms with E-state index in [0.717, 1.165) is 24.5 Å². The van der Waals surface area contributed by atoms with Gasteiger partial charge in [-0.25, -0.2) is 0 Å². The molecule has 0 amide bonds. The van der Waals surface area contributed by atoms with Crippen molar-refractivity contribution in [3.8, 4) is 5.75 Å². The van der Waals surface area contributed by atoms with Gasteiger partial charge in [0, 0.05) is 0 Å². The number of aryl methyl sites for hydroxylation is 1. The maximum absolute atomic E-state index is 5.81. The van der Waals surface area contributed by atoms with Gasteiger partial charge in [0.1, 0.15) is 5.75 Å². The Kier molecular flexibility index (Phi) is 4.30. The highest BCUT2D eigenvalue weighted by Crippen LogP contribution is 2.22. The summed E-state index contributed by atoms with van der Waals surface area (Å²) >= 11 is 0. The zero-order chi connectivity index (χ0) is 10.4. The summed E-state index contributed by atoms with van der Waals surface area (Å²) < 4.78 is 5.57. The van der Waals surface area contributed by atoms with Gasteiger partial charge in [-0.15, -0.1) is 0 Å². The van der Waals surface area contributed by atoms with Crippen LogP contribution in [0.5, 0.6) is 5.75 Å². The Labute approximate surface area is 86.1 Å². The number of rotatable bonds is 5. The van der Waals surface area contributed by atoms with Gasteiger partial charge >= 0.3 is 0 Å². The molecule has 0 unspecified atom stereocenters. The van der Waals surface area contributed by atoms with Crippen LogP contribution in [0, 0.1) is 6.92 Å². The first-order valence-electron chi connectivity index (χ1n) is 5.23. The fraction of sp³-hybridized carbons (Fsp3) is 0.500. The summed E-state index contributed by atoms with van der Waals surface area (Å²) in [7, 11) is 0. The van der Waals surface area contributed by atoms with E-state index in [1.165, 1.54) is 18.4 Å². The molecule has 0 saturated carbocycles. The standard InChI is InChI=1S/C12H19NO/c1-3-4-5-8-14-12-7-6-10(2)9-11(12)13/h6-7,9H,3-5,8,13H2,1-2H3. The highest BCUT2D eigenvalue weighted by Gasteiger charge is 1.99. The van der Waals surface area contributed by atoms with E-state index in [1.807, 2.05) is 25.1 Å². The predicted octanol–water partition coefficient (Wildman–Crippen LogP) is 3.15. The molecule has 1 aromatic rings. The highest BCUT2D eigenvalue weighted by atomic mass is 16.5. The minimum Gasteiger partial charge on any atom is -0.491 e. The van der Waals surface area contributed by atoms with E-state index in [4.69, 9.17) is 10.5 Å². The third-order valence-electron chi connectivity index (χ3n) is 2.17. The lowest BCUT2D eigenvalue weighted by Crippen LogP contribution is -2.00. The van der Waals surface area contributed by atoms with Crippen LogP contribution in [0.3, 0.4) is 0 Å². The van der Waals surface area contributed by atoms with Crippen molar-refractivity contribution < 1.29 is 4.74 Å². The lowest BCUT2D eigenvalue weighted by Gasteiger charge is -2.08. The van der Waals surface area contributed by atoms with Gasteiger partial charge in [0.05, 0.1) is 12.3 Å². The molecule has 2 heteroatoms. The van der Waals surface area contributed by atoms with Gasteiger partial charge in [-0.2, -0.15) is 0 Å². The molecule has 0 aliphatic heterocycles. The van der Waals surface area contributed by atoms with E-state index in [1.54, 1.807) is 0 Å². The zero-order valence-corrected chi connectivity index (χ0v) is 9.05. The van der Waals surface area contributed by atoms with Crippen LogP contribution in [0.25, 0.3) is 0 Å². The molecule has 0 aliphatic carbocycles. The number of ether oxygens (including phenoxy) is 1. The SMILES string of the molecule is CCCCCOc1ccc(C)cc1N. The van der Waals surface area contributed by atoms with Crippen LogP contribution in [0.15, 0.2) is 18.2 Å². The van der Waals surface area contributed by atoms with Crippen molar-refractivity contribution in [1.29, 1.82) is 0 Å². The lowest BCUT2D eigenvalue weighted by atomic mass is 10.2. The van der Waals surface area contributed by atoms with E-state index in [-0.39, 0.29) is 0 Å². The molecule has 0 radical (unpaired) electrons. The van der Waals surface area contributed by atoms with Crippen LogP contribution in [0.1, 0.15) is 31.7 Å². The second-order valence-corrected chi connectivity index (χ2v) is 3.60. The smallest absolute Gasteiger partial charge is 0.142 e. The van der Waals surface area contributed by atoms with E-state index in [0.29, 0.717) is 0 Å². The number of nitrogen functional groups attached to an aromatic ring is 1. The van der Waals surface area contributed by atoms with Crippen molar-refractivity contribution in [1.82, 2.24) is 0 Å². The van der Waals surface area contributed by atoms with E-state index in [2.05, 4.69) is 6.92 Å². The van der Waals surface area contributed by atoms with Crippen molar-refractivity contribution in [3.63, 3.8) is 0 Å². The second kappa shape index (κ2) is 5.53. The summed E-state index contributed by atoms with van der Waals surface area (Å²) in [5, 5.41) is 0. The molecule has 0 fully saturated rings. The van der Waals surface area contributed by atoms with Crippen molar-refractivity contribution in [2.45, 2.75) is 33.1 Å². The van der Waals surface area contributed by atoms with Crippen LogP contribution in [0.4, 0.5) is 5.69 Å². The number of anilines is 1. The zero-order valence-electron chi connectivity index (χ0n) is 9.05. The number of benzene rings is 1. The summed E-state index contributed by atoms with van der Waals surface area (Å²) in [6.07, 6.45) is 3.53. The van der Waals surface area contributed by atoms with Gasteiger partial charge in [0.2, 0.25) is 0 Å². The molecule has 0 heterocycles.